The molecule has 0 radical (unpaired) electrons. The zero-order chi connectivity index (χ0) is 20.2. The monoisotopic (exact) mass is 386 g/mol. The van der Waals surface area contributed by atoms with Crippen molar-refractivity contribution in [1.82, 2.24) is 14.5 Å². The first-order valence-corrected chi connectivity index (χ1v) is 10.2. The van der Waals surface area contributed by atoms with Crippen molar-refractivity contribution >= 4 is 16.9 Å². The van der Waals surface area contributed by atoms with Gasteiger partial charge in [0.1, 0.15) is 17.9 Å². The lowest BCUT2D eigenvalue weighted by Crippen LogP contribution is -2.23. The summed E-state index contributed by atoms with van der Waals surface area (Å²) in [6.07, 6.45) is 3.83. The molecule has 5 nitrogen and oxygen atoms in total. The highest BCUT2D eigenvalue weighted by molar-refractivity contribution is 6.02. The third-order valence-corrected chi connectivity index (χ3v) is 5.14. The molecule has 4 rings (SSSR count). The average molecular weight is 386 g/mol. The molecule has 0 amide bonds. The molecule has 0 saturated heterocycles. The second-order valence-corrected chi connectivity index (χ2v) is 6.77. The minimum absolute atomic E-state index is 0.657. The van der Waals surface area contributed by atoms with Gasteiger partial charge in [-0.3, -0.25) is 0 Å². The van der Waals surface area contributed by atoms with Crippen molar-refractivity contribution in [3.05, 3.63) is 67.1 Å². The summed E-state index contributed by atoms with van der Waals surface area (Å²) < 4.78 is 7.74. The van der Waals surface area contributed by atoms with Gasteiger partial charge in [-0.1, -0.05) is 30.3 Å². The molecule has 2 aromatic carbocycles. The van der Waals surface area contributed by atoms with Crippen molar-refractivity contribution in [2.45, 2.75) is 20.8 Å². The maximum absolute atomic E-state index is 5.60. The van der Waals surface area contributed by atoms with Crippen LogP contribution in [0.1, 0.15) is 20.8 Å². The first kappa shape index (κ1) is 19.0. The second-order valence-electron chi connectivity index (χ2n) is 6.77. The number of benzene rings is 2. The number of anilines is 1. The molecule has 0 unspecified atom stereocenters. The summed E-state index contributed by atoms with van der Waals surface area (Å²) in [5.41, 5.74) is 4.25. The van der Waals surface area contributed by atoms with Crippen molar-refractivity contribution in [2.24, 2.45) is 0 Å². The molecular formula is C24H26N4O. The summed E-state index contributed by atoms with van der Waals surface area (Å²) in [4.78, 5) is 11.6. The standard InChI is InChI=1S/C24H26N4O/c1-4-27(5-2)23-22-21(18-10-8-7-9-11-18)16-28(24(22)26-17-25-23)19-12-14-20(15-13-19)29-6-3/h7-17H,4-6H2,1-3H3. The highest BCUT2D eigenvalue weighted by Gasteiger charge is 2.19. The number of nitrogens with zero attached hydrogens (tertiary/aromatic N) is 4. The van der Waals surface area contributed by atoms with E-state index >= 15 is 0 Å². The van der Waals surface area contributed by atoms with Crippen LogP contribution < -0.4 is 9.64 Å². The Balaban J connectivity index is 1.95. The lowest BCUT2D eigenvalue weighted by Gasteiger charge is -2.21. The van der Waals surface area contributed by atoms with Gasteiger partial charge in [0.15, 0.2) is 5.65 Å². The van der Waals surface area contributed by atoms with Crippen LogP contribution in [0.2, 0.25) is 0 Å². The summed E-state index contributed by atoms with van der Waals surface area (Å²) in [7, 11) is 0. The fourth-order valence-electron chi connectivity index (χ4n) is 3.71. The molecule has 0 spiro atoms. The molecule has 29 heavy (non-hydrogen) atoms. The smallest absolute Gasteiger partial charge is 0.150 e. The summed E-state index contributed by atoms with van der Waals surface area (Å²) in [6.45, 7) is 8.75. The first-order chi connectivity index (χ1) is 14.3. The van der Waals surface area contributed by atoms with Crippen molar-refractivity contribution in [2.75, 3.05) is 24.6 Å². The fraction of sp³-hybridized carbons (Fsp3) is 0.250. The Hall–Kier alpha value is -3.34. The Morgan fingerprint density at radius 3 is 2.28 bits per heavy atom. The van der Waals surface area contributed by atoms with Crippen LogP contribution in [0.4, 0.5) is 5.82 Å². The van der Waals surface area contributed by atoms with E-state index in [9.17, 15) is 0 Å². The van der Waals surface area contributed by atoms with E-state index < -0.39 is 0 Å². The zero-order valence-corrected chi connectivity index (χ0v) is 17.2. The Bertz CT molecular complexity index is 1080. The number of rotatable bonds is 7. The Labute approximate surface area is 171 Å². The van der Waals surface area contributed by atoms with E-state index in [2.05, 4.69) is 75.9 Å². The van der Waals surface area contributed by atoms with Crippen LogP contribution in [0.3, 0.4) is 0 Å². The van der Waals surface area contributed by atoms with Gasteiger partial charge >= 0.3 is 0 Å². The van der Waals surface area contributed by atoms with Crippen LogP contribution in [0.5, 0.6) is 5.75 Å². The molecule has 4 aromatic rings. The maximum atomic E-state index is 5.60. The predicted octanol–water partition coefficient (Wildman–Crippen LogP) is 5.33. The Morgan fingerprint density at radius 1 is 0.897 bits per heavy atom. The van der Waals surface area contributed by atoms with Gasteiger partial charge in [-0.2, -0.15) is 0 Å². The maximum Gasteiger partial charge on any atom is 0.150 e. The number of hydrogen-bond acceptors (Lipinski definition) is 4. The third kappa shape index (κ3) is 3.56. The highest BCUT2D eigenvalue weighted by Crippen LogP contribution is 2.36. The van der Waals surface area contributed by atoms with Gasteiger partial charge in [-0.25, -0.2) is 9.97 Å². The van der Waals surface area contributed by atoms with E-state index in [1.54, 1.807) is 6.33 Å². The molecule has 0 N–H and O–H groups in total. The molecule has 0 aliphatic carbocycles. The number of hydrogen-bond donors (Lipinski definition) is 0. The molecule has 0 aliphatic heterocycles. The fourth-order valence-corrected chi connectivity index (χ4v) is 3.71. The van der Waals surface area contributed by atoms with Crippen molar-refractivity contribution in [1.29, 1.82) is 0 Å². The van der Waals surface area contributed by atoms with Crippen LogP contribution in [-0.4, -0.2) is 34.2 Å². The van der Waals surface area contributed by atoms with E-state index in [1.165, 1.54) is 0 Å². The Morgan fingerprint density at radius 2 is 1.62 bits per heavy atom. The van der Waals surface area contributed by atoms with E-state index in [0.717, 1.165) is 52.5 Å². The van der Waals surface area contributed by atoms with Gasteiger partial charge < -0.3 is 14.2 Å². The van der Waals surface area contributed by atoms with E-state index in [1.807, 2.05) is 25.1 Å². The summed E-state index contributed by atoms with van der Waals surface area (Å²) in [5.74, 6) is 1.85. The van der Waals surface area contributed by atoms with Gasteiger partial charge in [0.25, 0.3) is 0 Å². The van der Waals surface area contributed by atoms with Gasteiger partial charge in [-0.15, -0.1) is 0 Å². The van der Waals surface area contributed by atoms with E-state index in [-0.39, 0.29) is 0 Å². The van der Waals surface area contributed by atoms with Gasteiger partial charge in [0.2, 0.25) is 0 Å². The van der Waals surface area contributed by atoms with Crippen LogP contribution in [0.25, 0.3) is 27.8 Å². The normalized spacial score (nSPS) is 11.0. The zero-order valence-electron chi connectivity index (χ0n) is 17.2. The largest absolute Gasteiger partial charge is 0.494 e. The van der Waals surface area contributed by atoms with Crippen LogP contribution >= 0.6 is 0 Å². The first-order valence-electron chi connectivity index (χ1n) is 10.2. The number of aromatic nitrogens is 3. The molecule has 0 atom stereocenters. The van der Waals surface area contributed by atoms with Crippen LogP contribution in [0.15, 0.2) is 67.1 Å². The summed E-state index contributed by atoms with van der Waals surface area (Å²) in [5, 5.41) is 1.08. The molecule has 2 heterocycles. The van der Waals surface area contributed by atoms with Crippen molar-refractivity contribution in [3.8, 4) is 22.6 Å². The summed E-state index contributed by atoms with van der Waals surface area (Å²) >= 11 is 0. The van der Waals surface area contributed by atoms with Crippen molar-refractivity contribution in [3.63, 3.8) is 0 Å². The molecule has 0 fully saturated rings. The topological polar surface area (TPSA) is 43.2 Å². The third-order valence-electron chi connectivity index (χ3n) is 5.14. The quantitative estimate of drug-likeness (QED) is 0.430. The SMILES string of the molecule is CCOc1ccc(-n2cc(-c3ccccc3)c3c(N(CC)CC)ncnc32)cc1. The molecular weight excluding hydrogens is 360 g/mol. The van der Waals surface area contributed by atoms with Gasteiger partial charge in [-0.05, 0) is 50.6 Å². The summed E-state index contributed by atoms with van der Waals surface area (Å²) in [6, 6.07) is 18.6. The molecule has 2 aromatic heterocycles. The molecule has 148 valence electrons. The van der Waals surface area contributed by atoms with E-state index in [4.69, 9.17) is 4.74 Å². The molecule has 0 saturated carbocycles. The minimum atomic E-state index is 0.657. The minimum Gasteiger partial charge on any atom is -0.494 e. The highest BCUT2D eigenvalue weighted by atomic mass is 16.5. The van der Waals surface area contributed by atoms with Crippen LogP contribution in [0, 0.1) is 0 Å². The lowest BCUT2D eigenvalue weighted by molar-refractivity contribution is 0.340. The van der Waals surface area contributed by atoms with Gasteiger partial charge in [0.05, 0.1) is 12.0 Å². The van der Waals surface area contributed by atoms with E-state index in [0.29, 0.717) is 6.61 Å². The van der Waals surface area contributed by atoms with Gasteiger partial charge in [0, 0.05) is 30.5 Å². The molecule has 5 heteroatoms. The number of fused-ring (bicyclic) bond motifs is 1. The average Bonchev–Trinajstić information content (AvgIpc) is 3.16. The van der Waals surface area contributed by atoms with Crippen LogP contribution in [-0.2, 0) is 0 Å². The molecule has 0 bridgehead atoms. The number of ether oxygens (including phenoxy) is 1. The molecule has 0 aliphatic rings. The second kappa shape index (κ2) is 8.35. The lowest BCUT2D eigenvalue weighted by atomic mass is 10.1. The van der Waals surface area contributed by atoms with Crippen molar-refractivity contribution < 1.29 is 4.74 Å². The Kier molecular flexibility index (Phi) is 5.47. The predicted molar refractivity (Wildman–Crippen MR) is 119 cm³/mol.